The molecule has 2 aromatic rings. The monoisotopic (exact) mass is 401 g/mol. The van der Waals surface area contributed by atoms with Crippen LogP contribution in [0.15, 0.2) is 34.2 Å². The third kappa shape index (κ3) is 4.24. The van der Waals surface area contributed by atoms with Gasteiger partial charge in [0, 0.05) is 22.8 Å². The molecule has 0 saturated heterocycles. The molecule has 0 bridgehead atoms. The second-order valence-corrected chi connectivity index (χ2v) is 7.93. The molecule has 0 aliphatic carbocycles. The van der Waals surface area contributed by atoms with Gasteiger partial charge in [0.25, 0.3) is 5.56 Å². The first-order valence-electron chi connectivity index (χ1n) is 7.58. The summed E-state index contributed by atoms with van der Waals surface area (Å²) in [4.78, 5) is 31.2. The van der Waals surface area contributed by atoms with Crippen molar-refractivity contribution in [2.75, 3.05) is 5.32 Å². The molecule has 138 valence electrons. The van der Waals surface area contributed by atoms with Crippen LogP contribution in [0.25, 0.3) is 0 Å². The van der Waals surface area contributed by atoms with Crippen molar-refractivity contribution >= 4 is 35.1 Å². The quantitative estimate of drug-likeness (QED) is 0.604. The van der Waals surface area contributed by atoms with Gasteiger partial charge in [0.2, 0.25) is 5.91 Å². The number of nitrogens with zero attached hydrogens (tertiary/aromatic N) is 1. The molecular weight excluding hydrogens is 387 g/mol. The molecular formula is C16H14F3N3O2S2. The zero-order valence-electron chi connectivity index (χ0n) is 13.5. The summed E-state index contributed by atoms with van der Waals surface area (Å²) in [7, 11) is 0. The van der Waals surface area contributed by atoms with Crippen molar-refractivity contribution in [1.82, 2.24) is 9.97 Å². The number of anilines is 1. The standard InChI is InChI=1S/C16H14F3N3O2S2/c1-8(26-15-21-12-7-25-6-11(12)14(24)22-15)13(23)20-10-4-2-9(3-5-10)16(17,18)19/h2-5,8H,6-7H2,1H3,(H,20,23)(H,21,22,24). The molecule has 0 fully saturated rings. The second-order valence-electron chi connectivity index (χ2n) is 5.61. The molecule has 0 radical (unpaired) electrons. The Morgan fingerprint density at radius 3 is 2.65 bits per heavy atom. The van der Waals surface area contributed by atoms with Crippen LogP contribution in [0.4, 0.5) is 18.9 Å². The molecule has 1 unspecified atom stereocenters. The highest BCUT2D eigenvalue weighted by molar-refractivity contribution is 8.00. The molecule has 26 heavy (non-hydrogen) atoms. The number of aromatic amines is 1. The number of H-pyrrole nitrogens is 1. The van der Waals surface area contributed by atoms with Gasteiger partial charge < -0.3 is 10.3 Å². The van der Waals surface area contributed by atoms with Crippen molar-refractivity contribution in [2.24, 2.45) is 0 Å². The normalized spacial score (nSPS) is 14.8. The lowest BCUT2D eigenvalue weighted by Gasteiger charge is -2.13. The van der Waals surface area contributed by atoms with Crippen LogP contribution in [-0.4, -0.2) is 21.1 Å². The number of fused-ring (bicyclic) bond motifs is 1. The van der Waals surface area contributed by atoms with Gasteiger partial charge in [-0.1, -0.05) is 11.8 Å². The number of hydrogen-bond acceptors (Lipinski definition) is 5. The van der Waals surface area contributed by atoms with Crippen molar-refractivity contribution in [3.8, 4) is 0 Å². The number of rotatable bonds is 4. The van der Waals surface area contributed by atoms with E-state index in [1.807, 2.05) is 0 Å². The number of alkyl halides is 3. The van der Waals surface area contributed by atoms with Gasteiger partial charge in [-0.3, -0.25) is 9.59 Å². The summed E-state index contributed by atoms with van der Waals surface area (Å²) in [6.45, 7) is 1.63. The summed E-state index contributed by atoms with van der Waals surface area (Å²) in [6.07, 6.45) is -4.42. The molecule has 1 aliphatic rings. The number of hydrogen-bond donors (Lipinski definition) is 2. The SMILES string of the molecule is CC(Sc1nc2c(c(=O)[nH]1)CSC2)C(=O)Nc1ccc(C(F)(F)F)cc1. The summed E-state index contributed by atoms with van der Waals surface area (Å²) >= 11 is 2.69. The van der Waals surface area contributed by atoms with Crippen LogP contribution in [-0.2, 0) is 22.5 Å². The summed E-state index contributed by atoms with van der Waals surface area (Å²) < 4.78 is 37.7. The van der Waals surface area contributed by atoms with Crippen molar-refractivity contribution in [1.29, 1.82) is 0 Å². The molecule has 1 atom stereocenters. The van der Waals surface area contributed by atoms with E-state index in [9.17, 15) is 22.8 Å². The first kappa shape index (κ1) is 18.8. The largest absolute Gasteiger partial charge is 0.416 e. The fourth-order valence-corrected chi connectivity index (χ4v) is 4.15. The van der Waals surface area contributed by atoms with Crippen molar-refractivity contribution in [3.63, 3.8) is 0 Å². The first-order chi connectivity index (χ1) is 12.2. The van der Waals surface area contributed by atoms with E-state index in [2.05, 4.69) is 15.3 Å². The van der Waals surface area contributed by atoms with E-state index in [0.717, 1.165) is 29.6 Å². The Balaban J connectivity index is 1.65. The fourth-order valence-electron chi connectivity index (χ4n) is 2.30. The van der Waals surface area contributed by atoms with Gasteiger partial charge in [-0.2, -0.15) is 24.9 Å². The maximum Gasteiger partial charge on any atom is 0.416 e. The third-order valence-corrected chi connectivity index (χ3v) is 5.66. The van der Waals surface area contributed by atoms with Crippen LogP contribution in [0.3, 0.4) is 0 Å². The third-order valence-electron chi connectivity index (χ3n) is 3.70. The molecule has 1 aromatic carbocycles. The van der Waals surface area contributed by atoms with Gasteiger partial charge in [0.1, 0.15) is 0 Å². The van der Waals surface area contributed by atoms with E-state index in [0.29, 0.717) is 22.2 Å². The van der Waals surface area contributed by atoms with Gasteiger partial charge in [-0.15, -0.1) is 0 Å². The Morgan fingerprint density at radius 1 is 1.31 bits per heavy atom. The number of aromatic nitrogens is 2. The molecule has 5 nitrogen and oxygen atoms in total. The van der Waals surface area contributed by atoms with Gasteiger partial charge in [-0.25, -0.2) is 4.98 Å². The second kappa shape index (κ2) is 7.36. The Hall–Kier alpha value is -1.94. The number of carbonyl (C=O) groups excluding carboxylic acids is 1. The van der Waals surface area contributed by atoms with E-state index in [1.54, 1.807) is 18.7 Å². The molecule has 1 aromatic heterocycles. The summed E-state index contributed by atoms with van der Waals surface area (Å²) in [5.41, 5.74) is 0.689. The minimum atomic E-state index is -4.42. The number of nitrogens with one attached hydrogen (secondary N) is 2. The molecule has 2 N–H and O–H groups in total. The highest BCUT2D eigenvalue weighted by Gasteiger charge is 2.30. The van der Waals surface area contributed by atoms with Gasteiger partial charge in [0.15, 0.2) is 5.16 Å². The Bertz CT molecular complexity index is 882. The van der Waals surface area contributed by atoms with Gasteiger partial charge in [0.05, 0.1) is 16.5 Å². The number of amides is 1. The lowest BCUT2D eigenvalue weighted by molar-refractivity contribution is -0.137. The maximum absolute atomic E-state index is 12.6. The number of thioether (sulfide) groups is 2. The van der Waals surface area contributed by atoms with Crippen molar-refractivity contribution < 1.29 is 18.0 Å². The summed E-state index contributed by atoms with van der Waals surface area (Å²) in [6, 6.07) is 4.21. The molecule has 10 heteroatoms. The van der Waals surface area contributed by atoms with E-state index in [-0.39, 0.29) is 11.2 Å². The van der Waals surface area contributed by atoms with E-state index in [1.165, 1.54) is 12.1 Å². The highest BCUT2D eigenvalue weighted by Crippen LogP contribution is 2.30. The topological polar surface area (TPSA) is 74.8 Å². The van der Waals surface area contributed by atoms with Crippen molar-refractivity contribution in [2.45, 2.75) is 35.0 Å². The zero-order valence-corrected chi connectivity index (χ0v) is 15.1. The van der Waals surface area contributed by atoms with Crippen LogP contribution in [0.1, 0.15) is 23.7 Å². The highest BCUT2D eigenvalue weighted by atomic mass is 32.2. The molecule has 0 saturated carbocycles. The van der Waals surface area contributed by atoms with E-state index in [4.69, 9.17) is 0 Å². The predicted octanol–water partition coefficient (Wildman–Crippen LogP) is 3.65. The average molecular weight is 401 g/mol. The lowest BCUT2D eigenvalue weighted by atomic mass is 10.2. The first-order valence-corrected chi connectivity index (χ1v) is 9.62. The minimum Gasteiger partial charge on any atom is -0.325 e. The summed E-state index contributed by atoms with van der Waals surface area (Å²) in [5, 5.41) is 2.32. The van der Waals surface area contributed by atoms with E-state index < -0.39 is 22.9 Å². The summed E-state index contributed by atoms with van der Waals surface area (Å²) in [5.74, 6) is 0.901. The van der Waals surface area contributed by atoms with Gasteiger partial charge in [-0.05, 0) is 31.2 Å². The Kier molecular flexibility index (Phi) is 5.33. The average Bonchev–Trinajstić information content (AvgIpc) is 3.03. The molecule has 1 amide bonds. The Labute approximate surface area is 155 Å². The van der Waals surface area contributed by atoms with E-state index >= 15 is 0 Å². The lowest BCUT2D eigenvalue weighted by Crippen LogP contribution is -2.24. The van der Waals surface area contributed by atoms with Crippen LogP contribution in [0, 0.1) is 0 Å². The smallest absolute Gasteiger partial charge is 0.325 e. The molecule has 0 spiro atoms. The predicted molar refractivity (Wildman–Crippen MR) is 95.2 cm³/mol. The van der Waals surface area contributed by atoms with Crippen LogP contribution < -0.4 is 10.9 Å². The molecule has 3 rings (SSSR count). The Morgan fingerprint density at radius 2 is 2.00 bits per heavy atom. The van der Waals surface area contributed by atoms with Crippen LogP contribution in [0.2, 0.25) is 0 Å². The van der Waals surface area contributed by atoms with Gasteiger partial charge >= 0.3 is 6.18 Å². The molecule has 2 heterocycles. The van der Waals surface area contributed by atoms with Crippen LogP contribution in [0.5, 0.6) is 0 Å². The zero-order chi connectivity index (χ0) is 18.9. The number of benzene rings is 1. The van der Waals surface area contributed by atoms with Crippen molar-refractivity contribution in [3.05, 3.63) is 51.4 Å². The number of carbonyl (C=O) groups is 1. The number of halogens is 3. The fraction of sp³-hybridized carbons (Fsp3) is 0.312. The molecule has 1 aliphatic heterocycles. The maximum atomic E-state index is 12.6. The minimum absolute atomic E-state index is 0.196. The van der Waals surface area contributed by atoms with Crippen LogP contribution >= 0.6 is 23.5 Å².